The lowest BCUT2D eigenvalue weighted by atomic mass is 10.0. The molecule has 2 rings (SSSR count). The van der Waals surface area contributed by atoms with Gasteiger partial charge in [-0.3, -0.25) is 10.5 Å². The third-order valence-electron chi connectivity index (χ3n) is 2.79. The Morgan fingerprint density at radius 2 is 2.18 bits per heavy atom. The highest BCUT2D eigenvalue weighted by molar-refractivity contribution is 5.31. The van der Waals surface area contributed by atoms with Gasteiger partial charge in [0.2, 0.25) is 0 Å². The Morgan fingerprint density at radius 3 is 2.71 bits per heavy atom. The summed E-state index contributed by atoms with van der Waals surface area (Å²) in [5.74, 6) is 5.24. The second-order valence-electron chi connectivity index (χ2n) is 4.00. The van der Waals surface area contributed by atoms with Crippen LogP contribution in [0.1, 0.15) is 22.9 Å². The van der Waals surface area contributed by atoms with E-state index < -0.39 is 6.04 Å². The summed E-state index contributed by atoms with van der Waals surface area (Å²) in [7, 11) is 1.80. The number of nitrogens with two attached hydrogens (primary N) is 1. The summed E-state index contributed by atoms with van der Waals surface area (Å²) in [5.41, 5.74) is 4.83. The minimum Gasteiger partial charge on any atom is -0.271 e. The van der Waals surface area contributed by atoms with E-state index in [-0.39, 0.29) is 5.82 Å². The average Bonchev–Trinajstić information content (AvgIpc) is 2.69. The zero-order valence-electron chi connectivity index (χ0n) is 9.81. The van der Waals surface area contributed by atoms with Gasteiger partial charge in [-0.05, 0) is 24.6 Å². The van der Waals surface area contributed by atoms with E-state index in [1.807, 2.05) is 19.1 Å². The number of hydrogen-bond donors (Lipinski definition) is 2. The normalized spacial score (nSPS) is 12.7. The average molecular weight is 234 g/mol. The summed E-state index contributed by atoms with van der Waals surface area (Å²) < 4.78 is 15.6. The van der Waals surface area contributed by atoms with Crippen LogP contribution >= 0.6 is 0 Å². The molecule has 1 aromatic carbocycles. The molecule has 1 unspecified atom stereocenters. The quantitative estimate of drug-likeness (QED) is 0.624. The van der Waals surface area contributed by atoms with Gasteiger partial charge in [-0.1, -0.05) is 12.1 Å². The zero-order chi connectivity index (χ0) is 12.4. The first-order valence-corrected chi connectivity index (χ1v) is 5.33. The molecule has 1 aromatic heterocycles. The third kappa shape index (κ3) is 2.20. The van der Waals surface area contributed by atoms with Crippen LogP contribution in [0.4, 0.5) is 4.39 Å². The van der Waals surface area contributed by atoms with E-state index in [1.165, 1.54) is 6.07 Å². The Morgan fingerprint density at radius 1 is 1.41 bits per heavy atom. The molecule has 3 N–H and O–H groups in total. The van der Waals surface area contributed by atoms with Crippen LogP contribution in [-0.4, -0.2) is 9.78 Å². The van der Waals surface area contributed by atoms with Gasteiger partial charge in [0.1, 0.15) is 5.82 Å². The predicted molar refractivity (Wildman–Crippen MR) is 63.5 cm³/mol. The van der Waals surface area contributed by atoms with E-state index in [4.69, 9.17) is 5.84 Å². The molecule has 1 heterocycles. The summed E-state index contributed by atoms with van der Waals surface area (Å²) in [4.78, 5) is 0. The first kappa shape index (κ1) is 11.8. The fourth-order valence-electron chi connectivity index (χ4n) is 1.87. The highest BCUT2D eigenvalue weighted by Crippen LogP contribution is 2.23. The van der Waals surface area contributed by atoms with Crippen LogP contribution in [0.2, 0.25) is 0 Å². The molecule has 0 saturated carbocycles. The van der Waals surface area contributed by atoms with Gasteiger partial charge in [0.15, 0.2) is 0 Å². The molecule has 0 radical (unpaired) electrons. The van der Waals surface area contributed by atoms with Gasteiger partial charge in [-0.25, -0.2) is 9.82 Å². The van der Waals surface area contributed by atoms with Gasteiger partial charge in [0.25, 0.3) is 0 Å². The number of nitrogens with one attached hydrogen (secondary N) is 1. The molecule has 5 heteroatoms. The van der Waals surface area contributed by atoms with Crippen molar-refractivity contribution in [1.82, 2.24) is 15.2 Å². The summed E-state index contributed by atoms with van der Waals surface area (Å²) in [6, 6.07) is 6.50. The largest absolute Gasteiger partial charge is 0.271 e. The number of benzene rings is 1. The minimum absolute atomic E-state index is 0.269. The van der Waals surface area contributed by atoms with Gasteiger partial charge in [-0.2, -0.15) is 5.10 Å². The molecule has 1 atom stereocenters. The molecule has 0 aliphatic rings. The first-order valence-electron chi connectivity index (χ1n) is 5.33. The van der Waals surface area contributed by atoms with Gasteiger partial charge in [0, 0.05) is 18.8 Å². The van der Waals surface area contributed by atoms with Crippen LogP contribution in [-0.2, 0) is 7.05 Å². The minimum atomic E-state index is -0.400. The van der Waals surface area contributed by atoms with E-state index in [1.54, 1.807) is 24.0 Å². The molecule has 0 aliphatic heterocycles. The second kappa shape index (κ2) is 4.65. The molecule has 4 nitrogen and oxygen atoms in total. The molecular formula is C12H15FN4. The van der Waals surface area contributed by atoms with Crippen molar-refractivity contribution in [2.75, 3.05) is 0 Å². The summed E-state index contributed by atoms with van der Waals surface area (Å²) in [6.07, 6.45) is 1.66. The molecule has 0 amide bonds. The maximum Gasteiger partial charge on any atom is 0.128 e. The van der Waals surface area contributed by atoms with Crippen molar-refractivity contribution in [3.63, 3.8) is 0 Å². The van der Waals surface area contributed by atoms with E-state index in [0.717, 1.165) is 11.3 Å². The number of halogens is 1. The van der Waals surface area contributed by atoms with Crippen LogP contribution in [0.15, 0.2) is 30.5 Å². The summed E-state index contributed by atoms with van der Waals surface area (Å²) in [6.45, 7) is 1.85. The number of hydrogen-bond acceptors (Lipinski definition) is 3. The van der Waals surface area contributed by atoms with Crippen LogP contribution in [0.5, 0.6) is 0 Å². The van der Waals surface area contributed by atoms with Crippen LogP contribution in [0.3, 0.4) is 0 Å². The van der Waals surface area contributed by atoms with Gasteiger partial charge < -0.3 is 0 Å². The number of aromatic nitrogens is 2. The Hall–Kier alpha value is -1.72. The smallest absolute Gasteiger partial charge is 0.128 e. The van der Waals surface area contributed by atoms with Crippen LogP contribution < -0.4 is 11.3 Å². The van der Waals surface area contributed by atoms with Crippen molar-refractivity contribution in [2.45, 2.75) is 13.0 Å². The molecule has 0 fully saturated rings. The SMILES string of the molecule is Cc1ccc(C(NN)c2ccnn2C)c(F)c1. The van der Waals surface area contributed by atoms with Crippen molar-refractivity contribution in [3.05, 3.63) is 53.1 Å². The lowest BCUT2D eigenvalue weighted by molar-refractivity contribution is 0.532. The highest BCUT2D eigenvalue weighted by atomic mass is 19.1. The molecule has 0 saturated heterocycles. The van der Waals surface area contributed by atoms with Crippen molar-refractivity contribution >= 4 is 0 Å². The Labute approximate surface area is 99.2 Å². The standard InChI is InChI=1S/C12H15FN4/c1-8-3-4-9(10(13)7-8)12(16-14)11-5-6-15-17(11)2/h3-7,12,16H,14H2,1-2H3. The first-order chi connectivity index (χ1) is 8.13. The lowest BCUT2D eigenvalue weighted by Gasteiger charge is -2.17. The van der Waals surface area contributed by atoms with E-state index >= 15 is 0 Å². The number of nitrogens with zero attached hydrogens (tertiary/aromatic N) is 2. The Balaban J connectivity index is 2.46. The van der Waals surface area contributed by atoms with E-state index in [0.29, 0.717) is 5.56 Å². The van der Waals surface area contributed by atoms with Crippen molar-refractivity contribution < 1.29 is 4.39 Å². The molecule has 0 spiro atoms. The summed E-state index contributed by atoms with van der Waals surface area (Å²) in [5, 5.41) is 4.06. The number of aryl methyl sites for hydroxylation is 2. The second-order valence-corrected chi connectivity index (χ2v) is 4.00. The third-order valence-corrected chi connectivity index (χ3v) is 2.79. The van der Waals surface area contributed by atoms with Gasteiger partial charge in [-0.15, -0.1) is 0 Å². The lowest BCUT2D eigenvalue weighted by Crippen LogP contribution is -2.31. The molecule has 90 valence electrons. The molecule has 2 aromatic rings. The van der Waals surface area contributed by atoms with Crippen LogP contribution in [0, 0.1) is 12.7 Å². The fourth-order valence-corrected chi connectivity index (χ4v) is 1.87. The fraction of sp³-hybridized carbons (Fsp3) is 0.250. The molecule has 17 heavy (non-hydrogen) atoms. The van der Waals surface area contributed by atoms with Crippen molar-refractivity contribution in [1.29, 1.82) is 0 Å². The predicted octanol–water partition coefficient (Wildman–Crippen LogP) is 1.42. The maximum absolute atomic E-state index is 13.9. The molecule has 0 bridgehead atoms. The Kier molecular flexibility index (Phi) is 3.21. The van der Waals surface area contributed by atoms with Crippen molar-refractivity contribution in [2.24, 2.45) is 12.9 Å². The van der Waals surface area contributed by atoms with Crippen LogP contribution in [0.25, 0.3) is 0 Å². The molecule has 0 aliphatic carbocycles. The monoisotopic (exact) mass is 234 g/mol. The zero-order valence-corrected chi connectivity index (χ0v) is 9.81. The number of rotatable bonds is 3. The molecular weight excluding hydrogens is 219 g/mol. The van der Waals surface area contributed by atoms with E-state index in [9.17, 15) is 4.39 Å². The number of hydrazine groups is 1. The van der Waals surface area contributed by atoms with Crippen molar-refractivity contribution in [3.8, 4) is 0 Å². The van der Waals surface area contributed by atoms with Gasteiger partial charge >= 0.3 is 0 Å². The topological polar surface area (TPSA) is 55.9 Å². The maximum atomic E-state index is 13.9. The van der Waals surface area contributed by atoms with E-state index in [2.05, 4.69) is 10.5 Å². The summed E-state index contributed by atoms with van der Waals surface area (Å²) >= 11 is 0. The Bertz CT molecular complexity index is 521. The van der Waals surface area contributed by atoms with Gasteiger partial charge in [0.05, 0.1) is 11.7 Å². The highest BCUT2D eigenvalue weighted by Gasteiger charge is 2.19.